The Kier molecular flexibility index (Phi) is 5.87. The van der Waals surface area contributed by atoms with Gasteiger partial charge in [0.2, 0.25) is 0 Å². The van der Waals surface area contributed by atoms with E-state index in [4.69, 9.17) is 4.98 Å². The highest BCUT2D eigenvalue weighted by molar-refractivity contribution is 8.00. The lowest BCUT2D eigenvalue weighted by molar-refractivity contribution is 0.402. The molecule has 1 aliphatic heterocycles. The summed E-state index contributed by atoms with van der Waals surface area (Å²) >= 11 is 1.87. The summed E-state index contributed by atoms with van der Waals surface area (Å²) in [6.07, 6.45) is 4.31. The van der Waals surface area contributed by atoms with Gasteiger partial charge in [-0.2, -0.15) is 0 Å². The van der Waals surface area contributed by atoms with E-state index in [1.165, 1.54) is 25.6 Å². The predicted molar refractivity (Wildman–Crippen MR) is 199 cm³/mol. The molecule has 230 valence electrons. The topological polar surface area (TPSA) is 35.1 Å². The number of alkyl halides is 1. The van der Waals surface area contributed by atoms with Crippen molar-refractivity contribution in [1.29, 1.82) is 0 Å². The summed E-state index contributed by atoms with van der Waals surface area (Å²) in [6.45, 7) is 4.89. The van der Waals surface area contributed by atoms with E-state index in [9.17, 15) is 0 Å². The number of pyridine rings is 2. The van der Waals surface area contributed by atoms with Crippen molar-refractivity contribution in [3.8, 4) is 5.69 Å². The Hall–Kier alpha value is -5.24. The first-order chi connectivity index (χ1) is 23.5. The number of para-hydroxylation sites is 1. The molecule has 5 heterocycles. The second-order valence-corrected chi connectivity index (χ2v) is 18.6. The van der Waals surface area contributed by atoms with Crippen LogP contribution >= 0.6 is 11.8 Å². The van der Waals surface area contributed by atoms with Gasteiger partial charge in [0, 0.05) is 55.6 Å². The first-order valence-electron chi connectivity index (χ1n) is 16.2. The average molecular weight is 657 g/mol. The van der Waals surface area contributed by atoms with Gasteiger partial charge in [-0.3, -0.25) is 8.97 Å². The number of fused-ring (bicyclic) bond motifs is 11. The third-order valence-electron chi connectivity index (χ3n) is 10.2. The van der Waals surface area contributed by atoms with Gasteiger partial charge in [0.25, 0.3) is 0 Å². The van der Waals surface area contributed by atoms with Crippen LogP contribution in [0.3, 0.4) is 0 Å². The van der Waals surface area contributed by atoms with Crippen molar-refractivity contribution in [3.05, 3.63) is 145 Å². The van der Waals surface area contributed by atoms with Gasteiger partial charge in [-0.05, 0) is 81.5 Å². The molecule has 1 atom stereocenters. The molecule has 9 aromatic rings. The molecule has 48 heavy (non-hydrogen) atoms. The number of halogens is 1. The van der Waals surface area contributed by atoms with E-state index in [-0.39, 0.29) is 0 Å². The Morgan fingerprint density at radius 2 is 1.42 bits per heavy atom. The molecule has 0 N–H and O–H groups in total. The minimum absolute atomic E-state index is 0.607. The van der Waals surface area contributed by atoms with Gasteiger partial charge >= 0.3 is 0 Å². The molecule has 0 radical (unpaired) electrons. The third-order valence-corrected chi connectivity index (χ3v) is 15.2. The molecule has 0 saturated carbocycles. The van der Waals surface area contributed by atoms with Gasteiger partial charge in [0.05, 0.1) is 11.0 Å². The molecule has 0 bridgehead atoms. The van der Waals surface area contributed by atoms with Gasteiger partial charge in [0.1, 0.15) is 19.4 Å². The van der Waals surface area contributed by atoms with Crippen LogP contribution in [-0.2, 0) is 0 Å². The summed E-state index contributed by atoms with van der Waals surface area (Å²) in [4.78, 5) is 12.2. The van der Waals surface area contributed by atoms with Crippen LogP contribution in [-0.4, -0.2) is 27.0 Å². The quantitative estimate of drug-likeness (QED) is 0.140. The van der Waals surface area contributed by atoms with Crippen molar-refractivity contribution in [1.82, 2.24) is 18.9 Å². The summed E-state index contributed by atoms with van der Waals surface area (Å²) in [5, 5.41) is 8.30. The Morgan fingerprint density at radius 3 is 2.35 bits per heavy atom. The zero-order valence-electron chi connectivity index (χ0n) is 26.4. The highest BCUT2D eigenvalue weighted by Crippen LogP contribution is 2.40. The van der Waals surface area contributed by atoms with E-state index in [2.05, 4.69) is 87.7 Å². The van der Waals surface area contributed by atoms with E-state index in [0.717, 1.165) is 49.6 Å². The molecule has 5 aromatic carbocycles. The lowest BCUT2D eigenvalue weighted by atomic mass is 9.98. The maximum absolute atomic E-state index is 16.7. The van der Waals surface area contributed by atoms with E-state index < -0.39 is 14.2 Å². The van der Waals surface area contributed by atoms with Crippen LogP contribution in [0.15, 0.2) is 144 Å². The molecule has 0 amide bonds. The van der Waals surface area contributed by atoms with Crippen molar-refractivity contribution in [2.24, 2.45) is 0 Å². The molecular weight excluding hydrogens is 628 g/mol. The number of imidazole rings is 1. The molecule has 0 fully saturated rings. The first-order valence-corrected chi connectivity index (χ1v) is 20.0. The van der Waals surface area contributed by atoms with Crippen LogP contribution in [0.5, 0.6) is 0 Å². The molecular formula is C41H29FN4SSi. The summed E-state index contributed by atoms with van der Waals surface area (Å²) in [5.41, 5.74) is 6.02. The number of hydrogen-bond donors (Lipinski definition) is 0. The molecule has 4 nitrogen and oxygen atoms in total. The average Bonchev–Trinajstić information content (AvgIpc) is 3.75. The summed E-state index contributed by atoms with van der Waals surface area (Å²) < 4.78 is 21.0. The summed E-state index contributed by atoms with van der Waals surface area (Å²) in [7, 11) is -1.97. The number of hydrogen-bond acceptors (Lipinski definition) is 3. The molecule has 1 unspecified atom stereocenters. The minimum atomic E-state index is -1.97. The summed E-state index contributed by atoms with van der Waals surface area (Å²) in [5.74, 6) is 0. The van der Waals surface area contributed by atoms with E-state index in [1.54, 1.807) is 0 Å². The van der Waals surface area contributed by atoms with Crippen LogP contribution in [0.1, 0.15) is 17.3 Å². The maximum atomic E-state index is 16.7. The van der Waals surface area contributed by atoms with Crippen molar-refractivity contribution < 1.29 is 4.39 Å². The third kappa shape index (κ3) is 3.89. The Morgan fingerprint density at radius 1 is 0.604 bits per heavy atom. The smallest absolute Gasteiger partial charge is 0.150 e. The summed E-state index contributed by atoms with van der Waals surface area (Å²) in [6, 6.07) is 39.9. The highest BCUT2D eigenvalue weighted by atomic mass is 32.2. The Bertz CT molecular complexity index is 2780. The maximum Gasteiger partial charge on any atom is 0.150 e. The van der Waals surface area contributed by atoms with Crippen LogP contribution < -0.4 is 10.4 Å². The largest absolute Gasteiger partial charge is 0.299 e. The van der Waals surface area contributed by atoms with Crippen LogP contribution in [0.4, 0.5) is 4.39 Å². The zero-order valence-corrected chi connectivity index (χ0v) is 28.2. The van der Waals surface area contributed by atoms with E-state index in [1.807, 2.05) is 84.9 Å². The van der Waals surface area contributed by atoms with Gasteiger partial charge in [-0.15, -0.1) is 0 Å². The number of benzene rings is 5. The molecule has 10 rings (SSSR count). The number of rotatable bonds is 3. The SMILES string of the molecule is C[Si]1(C)c2ccccc2Sc2cc3c4cccnc4n(-c4cccc(C(F)c5ccc6c7ccccc7n7ccnc7c6c5)c4)c3cc21. The molecule has 0 aliphatic carbocycles. The van der Waals surface area contributed by atoms with Gasteiger partial charge in [-0.25, -0.2) is 14.4 Å². The van der Waals surface area contributed by atoms with E-state index in [0.29, 0.717) is 11.1 Å². The van der Waals surface area contributed by atoms with Crippen LogP contribution in [0.25, 0.3) is 54.9 Å². The minimum Gasteiger partial charge on any atom is -0.299 e. The predicted octanol–water partition coefficient (Wildman–Crippen LogP) is 9.48. The van der Waals surface area contributed by atoms with Crippen LogP contribution in [0.2, 0.25) is 13.1 Å². The zero-order chi connectivity index (χ0) is 32.1. The van der Waals surface area contributed by atoms with Crippen molar-refractivity contribution in [3.63, 3.8) is 0 Å². The number of nitrogens with zero attached hydrogens (tertiary/aromatic N) is 4. The second kappa shape index (κ2) is 10.1. The fraction of sp³-hybridized carbons (Fsp3) is 0.0732. The van der Waals surface area contributed by atoms with Gasteiger partial charge in [-0.1, -0.05) is 85.5 Å². The first kappa shape index (κ1) is 27.8. The number of aromatic nitrogens is 4. The lowest BCUT2D eigenvalue weighted by Crippen LogP contribution is -2.56. The highest BCUT2D eigenvalue weighted by Gasteiger charge is 2.36. The molecule has 7 heteroatoms. The fourth-order valence-corrected chi connectivity index (χ4v) is 13.2. The van der Waals surface area contributed by atoms with Crippen molar-refractivity contribution >= 4 is 79.5 Å². The van der Waals surface area contributed by atoms with Gasteiger partial charge in [0.15, 0.2) is 6.17 Å². The Balaban J connectivity index is 1.13. The Labute approximate surface area is 281 Å². The normalized spacial score (nSPS) is 14.6. The van der Waals surface area contributed by atoms with E-state index >= 15 is 4.39 Å². The molecule has 0 spiro atoms. The molecule has 0 saturated heterocycles. The molecule has 4 aromatic heterocycles. The molecule has 1 aliphatic rings. The second-order valence-electron chi connectivity index (χ2n) is 13.2. The lowest BCUT2D eigenvalue weighted by Gasteiger charge is -2.33. The van der Waals surface area contributed by atoms with Gasteiger partial charge < -0.3 is 0 Å². The van der Waals surface area contributed by atoms with Crippen molar-refractivity contribution in [2.75, 3.05) is 0 Å². The standard InChI is InChI=1S/C41H29FN4SSi/c1-48(2)37-15-6-5-14-35(37)47-36-23-31-30-12-8-18-43-41(30)46(34(31)24-38(36)48)27-10-7-9-25(21-27)39(42)26-16-17-28-29-11-3-4-13-33(29)45-20-19-44-40(45)32(28)22-26/h3-24,39H,1-2H3. The monoisotopic (exact) mass is 656 g/mol. The fourth-order valence-electron chi connectivity index (χ4n) is 7.80. The van der Waals surface area contributed by atoms with Crippen molar-refractivity contribution in [2.45, 2.75) is 29.1 Å². The van der Waals surface area contributed by atoms with Crippen LogP contribution in [0, 0.1) is 0 Å².